The number of hydrogen-bond acceptors (Lipinski definition) is 4. The molecule has 0 aliphatic heterocycles. The minimum Gasteiger partial charge on any atom is -0.347 e. The second-order valence-corrected chi connectivity index (χ2v) is 6.34. The number of Topliss-reactive ketones (excluding diaryl/α,β-unsaturated/α-hetero) is 1. The second-order valence-electron chi connectivity index (χ2n) is 6.34. The molecule has 1 unspecified atom stereocenters. The minimum atomic E-state index is -3.37. The number of ketones is 1. The van der Waals surface area contributed by atoms with Crippen LogP contribution >= 0.6 is 0 Å². The maximum Gasteiger partial charge on any atom is 0.275 e. The van der Waals surface area contributed by atoms with Crippen molar-refractivity contribution in [1.29, 1.82) is 0 Å². The Morgan fingerprint density at radius 2 is 1.89 bits per heavy atom. The van der Waals surface area contributed by atoms with Gasteiger partial charge >= 0.3 is 0 Å². The Bertz CT molecular complexity index is 808. The van der Waals surface area contributed by atoms with Gasteiger partial charge in [-0.15, -0.1) is 0 Å². The number of alkyl halides is 2. The van der Waals surface area contributed by atoms with E-state index in [0.717, 1.165) is 18.2 Å². The lowest BCUT2D eigenvalue weighted by atomic mass is 9.87. The van der Waals surface area contributed by atoms with Gasteiger partial charge in [-0.3, -0.25) is 9.59 Å². The highest BCUT2D eigenvalue weighted by Crippen LogP contribution is 2.36. The van der Waals surface area contributed by atoms with Crippen LogP contribution in [-0.4, -0.2) is 29.7 Å². The molecule has 1 fully saturated rings. The number of carbonyl (C=O) groups is 2. The van der Waals surface area contributed by atoms with E-state index in [2.05, 4.69) is 10.5 Å². The maximum absolute atomic E-state index is 14.0. The summed E-state index contributed by atoms with van der Waals surface area (Å²) in [4.78, 5) is 35.8. The molecule has 1 aliphatic carbocycles. The average Bonchev–Trinajstić information content (AvgIpc) is 2.58. The number of carbonyl (C=O) groups excluding carboxylic acids is 2. The lowest BCUT2D eigenvalue weighted by Gasteiger charge is -2.33. The van der Waals surface area contributed by atoms with Gasteiger partial charge in [0, 0.05) is 6.42 Å². The van der Waals surface area contributed by atoms with Crippen molar-refractivity contribution in [3.63, 3.8) is 0 Å². The SMILES string of the molecule is C/C=C(/C(=O)NC1CCCC(F)(F)[C@H]1N=O)C(=O)c1c(F)ccc(F)c1C. The lowest BCUT2D eigenvalue weighted by molar-refractivity contribution is -0.120. The largest absolute Gasteiger partial charge is 0.347 e. The number of rotatable bonds is 5. The van der Waals surface area contributed by atoms with Gasteiger partial charge in [0.05, 0.1) is 17.2 Å². The van der Waals surface area contributed by atoms with Crippen LogP contribution in [0.15, 0.2) is 29.0 Å². The van der Waals surface area contributed by atoms with Crippen molar-refractivity contribution >= 4 is 11.7 Å². The molecule has 0 saturated heterocycles. The second kappa shape index (κ2) is 7.98. The molecule has 2 rings (SSSR count). The van der Waals surface area contributed by atoms with Crippen LogP contribution in [0, 0.1) is 23.5 Å². The van der Waals surface area contributed by atoms with Gasteiger partial charge < -0.3 is 5.32 Å². The third kappa shape index (κ3) is 4.06. The fraction of sp³-hybridized carbons (Fsp3) is 0.444. The molecule has 0 radical (unpaired) electrons. The quantitative estimate of drug-likeness (QED) is 0.209. The number of nitroso groups, excluding NO2 is 1. The van der Waals surface area contributed by atoms with Gasteiger partial charge in [-0.25, -0.2) is 17.6 Å². The first kappa shape index (κ1) is 20.7. The van der Waals surface area contributed by atoms with Crippen LogP contribution < -0.4 is 5.32 Å². The Morgan fingerprint density at radius 3 is 2.48 bits per heavy atom. The third-order valence-electron chi connectivity index (χ3n) is 4.62. The molecule has 2 atom stereocenters. The van der Waals surface area contributed by atoms with Crippen molar-refractivity contribution in [3.8, 4) is 0 Å². The first-order valence-electron chi connectivity index (χ1n) is 8.30. The van der Waals surface area contributed by atoms with Crippen LogP contribution in [0.5, 0.6) is 0 Å². The van der Waals surface area contributed by atoms with Crippen LogP contribution in [0.25, 0.3) is 0 Å². The van der Waals surface area contributed by atoms with E-state index in [9.17, 15) is 32.1 Å². The summed E-state index contributed by atoms with van der Waals surface area (Å²) in [5.74, 6) is -7.34. The molecule has 9 heteroatoms. The molecule has 0 spiro atoms. The Labute approximate surface area is 152 Å². The Balaban J connectivity index is 2.28. The summed E-state index contributed by atoms with van der Waals surface area (Å²) in [7, 11) is 0. The normalized spacial score (nSPS) is 22.2. The molecule has 1 saturated carbocycles. The van der Waals surface area contributed by atoms with Crippen LogP contribution in [0.2, 0.25) is 0 Å². The van der Waals surface area contributed by atoms with Crippen molar-refractivity contribution in [2.45, 2.75) is 51.1 Å². The molecule has 0 aromatic heterocycles. The summed E-state index contributed by atoms with van der Waals surface area (Å²) in [5.41, 5.74) is -1.43. The topological polar surface area (TPSA) is 75.6 Å². The molecular formula is C18H18F4N2O3. The van der Waals surface area contributed by atoms with Gasteiger partial charge in [0.1, 0.15) is 11.6 Å². The van der Waals surface area contributed by atoms with Crippen molar-refractivity contribution in [2.24, 2.45) is 5.18 Å². The zero-order valence-electron chi connectivity index (χ0n) is 14.7. The highest BCUT2D eigenvalue weighted by molar-refractivity contribution is 6.26. The van der Waals surface area contributed by atoms with Gasteiger partial charge in [0.15, 0.2) is 6.04 Å². The molecule has 5 nitrogen and oxygen atoms in total. The Morgan fingerprint density at radius 1 is 1.26 bits per heavy atom. The number of hydrogen-bond donors (Lipinski definition) is 1. The summed E-state index contributed by atoms with van der Waals surface area (Å²) in [5, 5.41) is 4.65. The van der Waals surface area contributed by atoms with Gasteiger partial charge in [-0.05, 0) is 44.4 Å². The molecule has 0 bridgehead atoms. The standard InChI is InChI=1S/C18H18F4N2O3/c1-3-10(15(25)14-9(2)11(19)6-7-12(14)20)17(26)23-13-5-4-8-18(21,22)16(13)24-27/h3,6-7,13,16H,4-5,8H2,1-2H3,(H,23,26)/b10-3+/t13?,16-/m0/s1. The van der Waals surface area contributed by atoms with E-state index in [1.807, 2.05) is 0 Å². The monoisotopic (exact) mass is 386 g/mol. The van der Waals surface area contributed by atoms with Crippen molar-refractivity contribution in [2.75, 3.05) is 0 Å². The molecule has 1 amide bonds. The maximum atomic E-state index is 14.0. The number of allylic oxidation sites excluding steroid dienone is 1. The lowest BCUT2D eigenvalue weighted by Crippen LogP contribution is -2.53. The van der Waals surface area contributed by atoms with E-state index in [1.54, 1.807) is 0 Å². The number of halogens is 4. The summed E-state index contributed by atoms with van der Waals surface area (Å²) in [6.45, 7) is 2.51. The van der Waals surface area contributed by atoms with E-state index in [4.69, 9.17) is 0 Å². The number of nitrogens with zero attached hydrogens (tertiary/aromatic N) is 1. The fourth-order valence-electron chi connectivity index (χ4n) is 3.14. The number of benzene rings is 1. The molecule has 1 aliphatic rings. The van der Waals surface area contributed by atoms with Gasteiger partial charge in [-0.1, -0.05) is 11.3 Å². The van der Waals surface area contributed by atoms with E-state index in [-0.39, 0.29) is 18.4 Å². The Kier molecular flexibility index (Phi) is 6.12. The highest BCUT2D eigenvalue weighted by atomic mass is 19.3. The van der Waals surface area contributed by atoms with Gasteiger partial charge in [0.25, 0.3) is 11.8 Å². The predicted molar refractivity (Wildman–Crippen MR) is 89.5 cm³/mol. The average molecular weight is 386 g/mol. The highest BCUT2D eigenvalue weighted by Gasteiger charge is 2.49. The summed E-state index contributed by atoms with van der Waals surface area (Å²) >= 11 is 0. The van der Waals surface area contributed by atoms with Crippen LogP contribution in [0.1, 0.15) is 42.1 Å². The fourth-order valence-corrected chi connectivity index (χ4v) is 3.14. The molecular weight excluding hydrogens is 368 g/mol. The minimum absolute atomic E-state index is 0.0563. The summed E-state index contributed by atoms with van der Waals surface area (Å²) in [6, 6.07) is -1.62. The van der Waals surface area contributed by atoms with E-state index >= 15 is 0 Å². The Hall–Kier alpha value is -2.58. The van der Waals surface area contributed by atoms with Crippen LogP contribution in [-0.2, 0) is 4.79 Å². The summed E-state index contributed by atoms with van der Waals surface area (Å²) < 4.78 is 55.3. The molecule has 0 heterocycles. The van der Waals surface area contributed by atoms with Crippen molar-refractivity contribution in [1.82, 2.24) is 5.32 Å². The van der Waals surface area contributed by atoms with E-state index < -0.39 is 58.9 Å². The predicted octanol–water partition coefficient (Wildman–Crippen LogP) is 3.84. The molecule has 1 aromatic carbocycles. The molecule has 27 heavy (non-hydrogen) atoms. The van der Waals surface area contributed by atoms with E-state index in [1.165, 1.54) is 13.8 Å². The molecule has 1 aromatic rings. The smallest absolute Gasteiger partial charge is 0.275 e. The summed E-state index contributed by atoms with van der Waals surface area (Å²) in [6.07, 6.45) is 0.682. The van der Waals surface area contributed by atoms with Crippen LogP contribution in [0.4, 0.5) is 17.6 Å². The molecule has 1 N–H and O–H groups in total. The van der Waals surface area contributed by atoms with Gasteiger partial charge in [-0.2, -0.15) is 4.91 Å². The zero-order chi connectivity index (χ0) is 20.4. The first-order chi connectivity index (χ1) is 12.6. The van der Waals surface area contributed by atoms with Crippen molar-refractivity contribution in [3.05, 3.63) is 51.5 Å². The number of amides is 1. The third-order valence-corrected chi connectivity index (χ3v) is 4.62. The van der Waals surface area contributed by atoms with Crippen LogP contribution in [0.3, 0.4) is 0 Å². The first-order valence-corrected chi connectivity index (χ1v) is 8.30. The van der Waals surface area contributed by atoms with Crippen molar-refractivity contribution < 1.29 is 27.2 Å². The zero-order valence-corrected chi connectivity index (χ0v) is 14.7. The number of nitrogens with one attached hydrogen (secondary N) is 1. The van der Waals surface area contributed by atoms with Gasteiger partial charge in [0.2, 0.25) is 5.78 Å². The van der Waals surface area contributed by atoms with E-state index in [0.29, 0.717) is 0 Å². The molecule has 146 valence electrons.